The first-order chi connectivity index (χ1) is 18.0. The van der Waals surface area contributed by atoms with Crippen LogP contribution in [-0.2, 0) is 16.0 Å². The van der Waals surface area contributed by atoms with Crippen LogP contribution in [0.25, 0.3) is 11.0 Å². The molecule has 0 radical (unpaired) electrons. The van der Waals surface area contributed by atoms with Crippen LogP contribution in [0.4, 0.5) is 11.6 Å². The van der Waals surface area contributed by atoms with Crippen molar-refractivity contribution in [3.8, 4) is 17.2 Å². The molecule has 1 aromatic heterocycles. The summed E-state index contributed by atoms with van der Waals surface area (Å²) >= 11 is 0. The number of nitrogens with two attached hydrogens (primary N) is 1. The molecule has 3 N–H and O–H groups in total. The molecule has 0 spiro atoms. The number of hydrogen-bond donors (Lipinski definition) is 2. The van der Waals surface area contributed by atoms with E-state index in [1.807, 2.05) is 28.8 Å². The van der Waals surface area contributed by atoms with Gasteiger partial charge < -0.3 is 44.2 Å². The lowest BCUT2D eigenvalue weighted by Crippen LogP contribution is -2.36. The molecular formula is C26H37N5O6. The van der Waals surface area contributed by atoms with Gasteiger partial charge in [0.25, 0.3) is 5.91 Å². The normalized spacial score (nSPS) is 11.0. The summed E-state index contributed by atoms with van der Waals surface area (Å²) in [5.74, 6) is 2.06. The fourth-order valence-corrected chi connectivity index (χ4v) is 4.01. The van der Waals surface area contributed by atoms with Gasteiger partial charge in [-0.1, -0.05) is 0 Å². The highest BCUT2D eigenvalue weighted by molar-refractivity contribution is 5.98. The minimum atomic E-state index is -0.0956. The van der Waals surface area contributed by atoms with Crippen LogP contribution in [0.15, 0.2) is 30.3 Å². The standard InChI is InChI=1S/C26H37N5O6/c1-33-13-11-30(12-14-34-2)25(32)18-7-8-20-21(15-18)31(10-6-9-27)26(29-20)28-19-16-22(35-3)24(37-5)23(17-19)36-4/h7-8,15-17H,6,9-14,27H2,1-5H3,(H,28,29). The van der Waals surface area contributed by atoms with Gasteiger partial charge in [-0.3, -0.25) is 4.79 Å². The lowest BCUT2D eigenvalue weighted by molar-refractivity contribution is 0.0627. The van der Waals surface area contributed by atoms with Crippen LogP contribution in [0.1, 0.15) is 16.8 Å². The second-order valence-corrected chi connectivity index (χ2v) is 8.25. The van der Waals surface area contributed by atoms with Gasteiger partial charge >= 0.3 is 0 Å². The summed E-state index contributed by atoms with van der Waals surface area (Å²) in [7, 11) is 7.93. The summed E-state index contributed by atoms with van der Waals surface area (Å²) in [5.41, 5.74) is 8.68. The van der Waals surface area contributed by atoms with Crippen molar-refractivity contribution < 1.29 is 28.5 Å². The molecule has 2 aromatic carbocycles. The SMILES string of the molecule is COCCN(CCOC)C(=O)c1ccc2nc(Nc3cc(OC)c(OC)c(OC)c3)n(CCCN)c2c1. The second-order valence-electron chi connectivity index (χ2n) is 8.25. The van der Waals surface area contributed by atoms with Crippen LogP contribution < -0.4 is 25.3 Å². The van der Waals surface area contributed by atoms with E-state index in [4.69, 9.17) is 34.4 Å². The Hall–Kier alpha value is -3.54. The number of methoxy groups -OCH3 is 5. The van der Waals surface area contributed by atoms with Gasteiger partial charge in [0.05, 0.1) is 45.6 Å². The molecule has 11 heteroatoms. The maximum atomic E-state index is 13.3. The van der Waals surface area contributed by atoms with Gasteiger partial charge in [0, 0.05) is 57.2 Å². The molecule has 0 atom stereocenters. The molecule has 1 heterocycles. The third-order valence-electron chi connectivity index (χ3n) is 5.92. The van der Waals surface area contributed by atoms with Crippen LogP contribution in [0.2, 0.25) is 0 Å². The highest BCUT2D eigenvalue weighted by Crippen LogP contribution is 2.40. The summed E-state index contributed by atoms with van der Waals surface area (Å²) < 4.78 is 28.8. The number of fused-ring (bicyclic) bond motifs is 1. The Morgan fingerprint density at radius 3 is 2.16 bits per heavy atom. The highest BCUT2D eigenvalue weighted by Gasteiger charge is 2.20. The van der Waals surface area contributed by atoms with Crippen molar-refractivity contribution in [2.24, 2.45) is 5.73 Å². The quantitative estimate of drug-likeness (QED) is 0.315. The smallest absolute Gasteiger partial charge is 0.254 e. The maximum Gasteiger partial charge on any atom is 0.254 e. The van der Waals surface area contributed by atoms with E-state index in [1.165, 1.54) is 0 Å². The van der Waals surface area contributed by atoms with Crippen molar-refractivity contribution in [3.63, 3.8) is 0 Å². The molecule has 0 aliphatic rings. The predicted molar refractivity (Wildman–Crippen MR) is 142 cm³/mol. The molecule has 3 aromatic rings. The van der Waals surface area contributed by atoms with Gasteiger partial charge in [-0.25, -0.2) is 4.98 Å². The molecule has 0 bridgehead atoms. The zero-order valence-corrected chi connectivity index (χ0v) is 22.2. The Morgan fingerprint density at radius 1 is 0.973 bits per heavy atom. The number of anilines is 2. The average Bonchev–Trinajstić information content (AvgIpc) is 3.26. The maximum absolute atomic E-state index is 13.3. The largest absolute Gasteiger partial charge is 0.493 e. The van der Waals surface area contributed by atoms with Crippen LogP contribution in [0.3, 0.4) is 0 Å². The summed E-state index contributed by atoms with van der Waals surface area (Å²) in [6.45, 7) is 2.95. The first kappa shape index (κ1) is 28.0. The van der Waals surface area contributed by atoms with Crippen molar-refractivity contribution in [2.45, 2.75) is 13.0 Å². The van der Waals surface area contributed by atoms with Crippen molar-refractivity contribution in [1.82, 2.24) is 14.5 Å². The number of imidazole rings is 1. The number of aromatic nitrogens is 2. The number of aryl methyl sites for hydroxylation is 1. The Balaban J connectivity index is 2.01. The number of benzene rings is 2. The minimum Gasteiger partial charge on any atom is -0.493 e. The van der Waals surface area contributed by atoms with E-state index < -0.39 is 0 Å². The Morgan fingerprint density at radius 2 is 1.62 bits per heavy atom. The molecular weight excluding hydrogens is 478 g/mol. The van der Waals surface area contributed by atoms with Gasteiger partial charge in [0.15, 0.2) is 11.5 Å². The van der Waals surface area contributed by atoms with Crippen molar-refractivity contribution in [3.05, 3.63) is 35.9 Å². The molecule has 11 nitrogen and oxygen atoms in total. The number of nitrogens with zero attached hydrogens (tertiary/aromatic N) is 3. The van der Waals surface area contributed by atoms with Gasteiger partial charge in [0.2, 0.25) is 11.7 Å². The Labute approximate surface area is 217 Å². The van der Waals surface area contributed by atoms with Gasteiger partial charge in [-0.05, 0) is 31.2 Å². The van der Waals surface area contributed by atoms with Crippen LogP contribution >= 0.6 is 0 Å². The third kappa shape index (κ3) is 6.62. The predicted octanol–water partition coefficient (Wildman–Crippen LogP) is 2.89. The minimum absolute atomic E-state index is 0.0956. The van der Waals surface area contributed by atoms with E-state index >= 15 is 0 Å². The van der Waals surface area contributed by atoms with E-state index in [9.17, 15) is 4.79 Å². The van der Waals surface area contributed by atoms with E-state index in [-0.39, 0.29) is 5.91 Å². The fourth-order valence-electron chi connectivity index (χ4n) is 4.01. The molecule has 1 amide bonds. The van der Waals surface area contributed by atoms with Crippen molar-refractivity contribution >= 4 is 28.6 Å². The van der Waals surface area contributed by atoms with E-state index in [0.29, 0.717) is 73.8 Å². The zero-order valence-electron chi connectivity index (χ0n) is 22.2. The number of ether oxygens (including phenoxy) is 5. The second kappa shape index (κ2) is 13.7. The molecule has 0 unspecified atom stereocenters. The van der Waals surface area contributed by atoms with E-state index in [0.717, 1.165) is 17.5 Å². The van der Waals surface area contributed by atoms with Crippen LogP contribution in [0, 0.1) is 0 Å². The first-order valence-electron chi connectivity index (χ1n) is 12.1. The van der Waals surface area contributed by atoms with Gasteiger partial charge in [0.1, 0.15) is 0 Å². The summed E-state index contributed by atoms with van der Waals surface area (Å²) in [4.78, 5) is 19.9. The van der Waals surface area contributed by atoms with Gasteiger partial charge in [-0.15, -0.1) is 0 Å². The van der Waals surface area contributed by atoms with E-state index in [2.05, 4.69) is 5.32 Å². The third-order valence-corrected chi connectivity index (χ3v) is 5.92. The number of rotatable bonds is 15. The highest BCUT2D eigenvalue weighted by atomic mass is 16.5. The molecule has 3 rings (SSSR count). The van der Waals surface area contributed by atoms with Gasteiger partial charge in [-0.2, -0.15) is 0 Å². The van der Waals surface area contributed by atoms with Crippen LogP contribution in [-0.4, -0.2) is 88.8 Å². The molecule has 0 saturated carbocycles. The number of carbonyl (C=O) groups excluding carboxylic acids is 1. The number of hydrogen-bond acceptors (Lipinski definition) is 9. The molecule has 0 aliphatic carbocycles. The molecule has 0 saturated heterocycles. The molecule has 0 aliphatic heterocycles. The van der Waals surface area contributed by atoms with Crippen LogP contribution in [0.5, 0.6) is 17.2 Å². The summed E-state index contributed by atoms with van der Waals surface area (Å²) in [6, 6.07) is 9.14. The molecule has 202 valence electrons. The van der Waals surface area contributed by atoms with Crippen molar-refractivity contribution in [1.29, 1.82) is 0 Å². The summed E-state index contributed by atoms with van der Waals surface area (Å²) in [5, 5.41) is 3.37. The monoisotopic (exact) mass is 515 g/mol. The Bertz CT molecular complexity index is 1150. The molecule has 37 heavy (non-hydrogen) atoms. The number of nitrogens with one attached hydrogen (secondary N) is 1. The fraction of sp³-hybridized carbons (Fsp3) is 0.462. The Kier molecular flexibility index (Phi) is 10.4. The lowest BCUT2D eigenvalue weighted by Gasteiger charge is -2.22. The molecule has 0 fully saturated rings. The number of carbonyl (C=O) groups is 1. The zero-order chi connectivity index (χ0) is 26.8. The summed E-state index contributed by atoms with van der Waals surface area (Å²) in [6.07, 6.45) is 0.737. The average molecular weight is 516 g/mol. The van der Waals surface area contributed by atoms with E-state index in [1.54, 1.807) is 46.5 Å². The first-order valence-corrected chi connectivity index (χ1v) is 12.1. The van der Waals surface area contributed by atoms with Crippen molar-refractivity contribution in [2.75, 3.05) is 73.7 Å². The topological polar surface area (TPSA) is 122 Å². The lowest BCUT2D eigenvalue weighted by atomic mass is 10.1. The number of amides is 1.